The first kappa shape index (κ1) is 19.9. The highest BCUT2D eigenvalue weighted by Crippen LogP contribution is 2.23. The Labute approximate surface area is 176 Å². The quantitative estimate of drug-likeness (QED) is 0.474. The molecule has 0 fully saturated rings. The minimum Gasteiger partial charge on any atom is -0.342 e. The van der Waals surface area contributed by atoms with E-state index in [4.69, 9.17) is 4.98 Å². The lowest BCUT2D eigenvalue weighted by atomic mass is 10.0. The third-order valence-electron chi connectivity index (χ3n) is 5.27. The zero-order chi connectivity index (χ0) is 21.1. The molecular formula is C24H27N5O. The Morgan fingerprint density at radius 2 is 1.83 bits per heavy atom. The monoisotopic (exact) mass is 401 g/mol. The van der Waals surface area contributed by atoms with Gasteiger partial charge in [0.2, 0.25) is 0 Å². The molecule has 4 aromatic rings. The highest BCUT2D eigenvalue weighted by atomic mass is 16.1. The average Bonchev–Trinajstić information content (AvgIpc) is 3.32. The number of fused-ring (bicyclic) bond motifs is 1. The summed E-state index contributed by atoms with van der Waals surface area (Å²) in [5.41, 5.74) is 4.47. The molecular weight excluding hydrogens is 374 g/mol. The Balaban J connectivity index is 1.55. The number of nitrogens with one attached hydrogen (secondary N) is 2. The molecule has 2 aromatic heterocycles. The second-order valence-electron chi connectivity index (χ2n) is 8.08. The Morgan fingerprint density at radius 1 is 1.10 bits per heavy atom. The number of carbonyl (C=O) groups is 1. The molecule has 0 aliphatic rings. The number of rotatable bonds is 7. The number of carbonyl (C=O) groups excluding carboxylic acids is 1. The molecule has 2 heterocycles. The van der Waals surface area contributed by atoms with Gasteiger partial charge in [-0.3, -0.25) is 9.48 Å². The number of benzene rings is 2. The molecule has 2 aromatic carbocycles. The largest absolute Gasteiger partial charge is 0.342 e. The van der Waals surface area contributed by atoms with Gasteiger partial charge in [-0.1, -0.05) is 56.3 Å². The van der Waals surface area contributed by atoms with Crippen LogP contribution in [-0.2, 0) is 6.54 Å². The van der Waals surface area contributed by atoms with Crippen LogP contribution in [0.3, 0.4) is 0 Å². The van der Waals surface area contributed by atoms with Crippen LogP contribution in [0.5, 0.6) is 0 Å². The SMILES string of the molecule is Cc1c(C(=O)NC(CC(C)C)c2nc3ccccc3[nH]2)cnn1Cc1ccccc1. The molecule has 0 aliphatic heterocycles. The molecule has 1 atom stereocenters. The summed E-state index contributed by atoms with van der Waals surface area (Å²) in [6.45, 7) is 6.86. The lowest BCUT2D eigenvalue weighted by molar-refractivity contribution is 0.0929. The molecule has 6 heteroatoms. The fraction of sp³-hybridized carbons (Fsp3) is 0.292. The second-order valence-corrected chi connectivity index (χ2v) is 8.08. The zero-order valence-corrected chi connectivity index (χ0v) is 17.6. The summed E-state index contributed by atoms with van der Waals surface area (Å²) in [5.74, 6) is 1.07. The molecule has 0 radical (unpaired) electrons. The molecule has 1 unspecified atom stereocenters. The van der Waals surface area contributed by atoms with Crippen LogP contribution in [0.4, 0.5) is 0 Å². The third kappa shape index (κ3) is 4.27. The topological polar surface area (TPSA) is 75.6 Å². The highest BCUT2D eigenvalue weighted by molar-refractivity contribution is 5.95. The van der Waals surface area contributed by atoms with E-state index < -0.39 is 0 Å². The predicted octanol–water partition coefficient (Wildman–Crippen LogP) is 4.63. The van der Waals surface area contributed by atoms with E-state index in [2.05, 4.69) is 41.4 Å². The molecule has 0 spiro atoms. The van der Waals surface area contributed by atoms with E-state index in [1.165, 1.54) is 0 Å². The summed E-state index contributed by atoms with van der Waals surface area (Å²) < 4.78 is 1.86. The number of hydrogen-bond donors (Lipinski definition) is 2. The highest BCUT2D eigenvalue weighted by Gasteiger charge is 2.22. The van der Waals surface area contributed by atoms with Crippen molar-refractivity contribution in [2.45, 2.75) is 39.8 Å². The summed E-state index contributed by atoms with van der Waals surface area (Å²) in [4.78, 5) is 21.2. The number of aromatic amines is 1. The normalized spacial score (nSPS) is 12.4. The maximum Gasteiger partial charge on any atom is 0.255 e. The number of imidazole rings is 1. The summed E-state index contributed by atoms with van der Waals surface area (Å²) in [6, 6.07) is 17.8. The summed E-state index contributed by atoms with van der Waals surface area (Å²) >= 11 is 0. The van der Waals surface area contributed by atoms with Crippen molar-refractivity contribution in [2.24, 2.45) is 5.92 Å². The van der Waals surface area contributed by atoms with Gasteiger partial charge in [0.15, 0.2) is 0 Å². The van der Waals surface area contributed by atoms with Crippen LogP contribution < -0.4 is 5.32 Å². The fourth-order valence-electron chi connectivity index (χ4n) is 3.67. The number of para-hydroxylation sites is 2. The Morgan fingerprint density at radius 3 is 2.57 bits per heavy atom. The van der Waals surface area contributed by atoms with Gasteiger partial charge in [-0.2, -0.15) is 5.10 Å². The maximum absolute atomic E-state index is 13.1. The van der Waals surface area contributed by atoms with Gasteiger partial charge in [0, 0.05) is 5.69 Å². The molecule has 30 heavy (non-hydrogen) atoms. The van der Waals surface area contributed by atoms with E-state index in [1.807, 2.05) is 54.1 Å². The minimum absolute atomic E-state index is 0.127. The first-order chi connectivity index (χ1) is 14.5. The zero-order valence-electron chi connectivity index (χ0n) is 17.6. The smallest absolute Gasteiger partial charge is 0.255 e. The minimum atomic E-state index is -0.193. The third-order valence-corrected chi connectivity index (χ3v) is 5.27. The van der Waals surface area contributed by atoms with Crippen LogP contribution in [0.2, 0.25) is 0 Å². The summed E-state index contributed by atoms with van der Waals surface area (Å²) in [6.07, 6.45) is 2.45. The van der Waals surface area contributed by atoms with Gasteiger partial charge >= 0.3 is 0 Å². The second kappa shape index (κ2) is 8.53. The van der Waals surface area contributed by atoms with Crippen molar-refractivity contribution in [1.29, 1.82) is 0 Å². The van der Waals surface area contributed by atoms with Crippen LogP contribution in [0.1, 0.15) is 53.7 Å². The summed E-state index contributed by atoms with van der Waals surface area (Å²) in [5, 5.41) is 7.61. The number of nitrogens with zero attached hydrogens (tertiary/aromatic N) is 3. The standard InChI is InChI=1S/C24H27N5O/c1-16(2)13-22(23-26-20-11-7-8-12-21(20)27-23)28-24(30)19-14-25-29(17(19)3)15-18-9-5-4-6-10-18/h4-12,14,16,22H,13,15H2,1-3H3,(H,26,27)(H,28,30). The van der Waals surface area contributed by atoms with Crippen molar-refractivity contribution in [3.8, 4) is 0 Å². The van der Waals surface area contributed by atoms with E-state index in [-0.39, 0.29) is 11.9 Å². The van der Waals surface area contributed by atoms with Gasteiger partial charge in [0.25, 0.3) is 5.91 Å². The number of H-pyrrole nitrogens is 1. The molecule has 6 nitrogen and oxygen atoms in total. The van der Waals surface area contributed by atoms with Crippen molar-refractivity contribution in [1.82, 2.24) is 25.1 Å². The molecule has 0 aliphatic carbocycles. The van der Waals surface area contributed by atoms with Crippen molar-refractivity contribution < 1.29 is 4.79 Å². The van der Waals surface area contributed by atoms with Crippen molar-refractivity contribution in [3.63, 3.8) is 0 Å². The van der Waals surface area contributed by atoms with Gasteiger partial charge in [-0.25, -0.2) is 4.98 Å². The van der Waals surface area contributed by atoms with Crippen LogP contribution >= 0.6 is 0 Å². The molecule has 0 saturated carbocycles. The van der Waals surface area contributed by atoms with E-state index in [1.54, 1.807) is 6.20 Å². The van der Waals surface area contributed by atoms with Gasteiger partial charge in [0.05, 0.1) is 35.4 Å². The molecule has 1 amide bonds. The van der Waals surface area contributed by atoms with E-state index >= 15 is 0 Å². The van der Waals surface area contributed by atoms with Crippen LogP contribution in [0.25, 0.3) is 11.0 Å². The number of aromatic nitrogens is 4. The number of hydrogen-bond acceptors (Lipinski definition) is 3. The average molecular weight is 402 g/mol. The number of amides is 1. The van der Waals surface area contributed by atoms with Crippen molar-refractivity contribution >= 4 is 16.9 Å². The van der Waals surface area contributed by atoms with Gasteiger partial charge in [-0.15, -0.1) is 0 Å². The van der Waals surface area contributed by atoms with E-state index in [9.17, 15) is 4.79 Å². The molecule has 154 valence electrons. The molecule has 2 N–H and O–H groups in total. The fourth-order valence-corrected chi connectivity index (χ4v) is 3.67. The van der Waals surface area contributed by atoms with Crippen molar-refractivity contribution in [2.75, 3.05) is 0 Å². The molecule has 0 bridgehead atoms. The Hall–Kier alpha value is -3.41. The predicted molar refractivity (Wildman–Crippen MR) is 118 cm³/mol. The van der Waals surface area contributed by atoms with E-state index in [0.29, 0.717) is 18.0 Å². The first-order valence-corrected chi connectivity index (χ1v) is 10.3. The van der Waals surface area contributed by atoms with Gasteiger partial charge in [-0.05, 0) is 37.0 Å². The van der Waals surface area contributed by atoms with E-state index in [0.717, 1.165) is 34.5 Å². The summed E-state index contributed by atoms with van der Waals surface area (Å²) in [7, 11) is 0. The first-order valence-electron chi connectivity index (χ1n) is 10.3. The van der Waals surface area contributed by atoms with Crippen molar-refractivity contribution in [3.05, 3.63) is 83.4 Å². The lowest BCUT2D eigenvalue weighted by Crippen LogP contribution is -2.30. The van der Waals surface area contributed by atoms with Gasteiger partial charge < -0.3 is 10.3 Å². The lowest BCUT2D eigenvalue weighted by Gasteiger charge is -2.18. The van der Waals surface area contributed by atoms with Crippen LogP contribution in [0.15, 0.2) is 60.8 Å². The van der Waals surface area contributed by atoms with Crippen LogP contribution in [-0.4, -0.2) is 25.7 Å². The van der Waals surface area contributed by atoms with Gasteiger partial charge in [0.1, 0.15) is 5.82 Å². The molecule has 4 rings (SSSR count). The Kier molecular flexibility index (Phi) is 5.65. The molecule has 0 saturated heterocycles. The maximum atomic E-state index is 13.1. The Bertz CT molecular complexity index is 1110. The van der Waals surface area contributed by atoms with Crippen LogP contribution in [0, 0.1) is 12.8 Å².